The monoisotopic (exact) mass is 388 g/mol. The van der Waals surface area contributed by atoms with Gasteiger partial charge in [0.2, 0.25) is 0 Å². The van der Waals surface area contributed by atoms with E-state index in [1.807, 2.05) is 37.3 Å². The van der Waals surface area contributed by atoms with E-state index in [-0.39, 0.29) is 5.91 Å². The van der Waals surface area contributed by atoms with E-state index in [1.54, 1.807) is 6.20 Å². The molecular weight excluding hydrogens is 368 g/mol. The van der Waals surface area contributed by atoms with Crippen LogP contribution in [0.2, 0.25) is 0 Å². The molecule has 0 spiro atoms. The molecule has 0 saturated carbocycles. The van der Waals surface area contributed by atoms with E-state index < -0.39 is 0 Å². The van der Waals surface area contributed by atoms with Gasteiger partial charge >= 0.3 is 0 Å². The Balaban J connectivity index is 1.73. The average molecular weight is 389 g/mol. The number of hydrogen-bond acceptors (Lipinski definition) is 4. The van der Waals surface area contributed by atoms with Crippen LogP contribution in [0.4, 0.5) is 11.4 Å². The molecule has 1 aliphatic heterocycles. The number of amides is 1. The van der Waals surface area contributed by atoms with Crippen molar-refractivity contribution >= 4 is 33.2 Å². The van der Waals surface area contributed by atoms with Crippen LogP contribution < -0.4 is 10.2 Å². The summed E-state index contributed by atoms with van der Waals surface area (Å²) in [4.78, 5) is 21.3. The van der Waals surface area contributed by atoms with Gasteiger partial charge < -0.3 is 15.1 Å². The zero-order valence-electron chi connectivity index (χ0n) is 13.9. The number of nitrogens with zero attached hydrogens (tertiary/aromatic N) is 3. The maximum absolute atomic E-state index is 12.5. The van der Waals surface area contributed by atoms with E-state index in [0.717, 1.165) is 47.6 Å². The molecule has 1 fully saturated rings. The molecule has 1 amide bonds. The Labute approximate surface area is 150 Å². The summed E-state index contributed by atoms with van der Waals surface area (Å²) in [6.07, 6.45) is 1.70. The van der Waals surface area contributed by atoms with Crippen molar-refractivity contribution < 1.29 is 4.79 Å². The topological polar surface area (TPSA) is 48.5 Å². The Morgan fingerprint density at radius 3 is 2.62 bits per heavy atom. The van der Waals surface area contributed by atoms with Crippen molar-refractivity contribution in [1.82, 2.24) is 9.88 Å². The second-order valence-electron chi connectivity index (χ2n) is 6.11. The third-order valence-electron chi connectivity index (χ3n) is 4.27. The third kappa shape index (κ3) is 3.94. The van der Waals surface area contributed by atoms with Crippen molar-refractivity contribution in [3.05, 3.63) is 52.3 Å². The van der Waals surface area contributed by atoms with Gasteiger partial charge in [0, 0.05) is 48.2 Å². The minimum atomic E-state index is -0.193. The normalized spacial score (nSPS) is 15.4. The minimum absolute atomic E-state index is 0.193. The number of nitrogens with one attached hydrogen (secondary N) is 1. The van der Waals surface area contributed by atoms with E-state index in [4.69, 9.17) is 0 Å². The molecule has 0 unspecified atom stereocenters. The van der Waals surface area contributed by atoms with Crippen LogP contribution in [0.3, 0.4) is 0 Å². The number of pyridine rings is 1. The summed E-state index contributed by atoms with van der Waals surface area (Å²) in [6.45, 7) is 6.00. The highest BCUT2D eigenvalue weighted by atomic mass is 79.9. The first kappa shape index (κ1) is 16.9. The average Bonchev–Trinajstić information content (AvgIpc) is 2.59. The summed E-state index contributed by atoms with van der Waals surface area (Å²) < 4.78 is 0.972. The molecular formula is C18H21BrN4O. The minimum Gasteiger partial charge on any atom is -0.369 e. The van der Waals surface area contributed by atoms with Crippen molar-refractivity contribution in [3.8, 4) is 0 Å². The summed E-state index contributed by atoms with van der Waals surface area (Å²) in [5.74, 6) is -0.193. The van der Waals surface area contributed by atoms with Gasteiger partial charge in [0.15, 0.2) is 0 Å². The molecule has 2 aromatic rings. The van der Waals surface area contributed by atoms with Gasteiger partial charge in [0.1, 0.15) is 5.69 Å². The Morgan fingerprint density at radius 2 is 1.92 bits per heavy atom. The third-order valence-corrected chi connectivity index (χ3v) is 5.13. The molecule has 0 radical (unpaired) electrons. The molecule has 2 heterocycles. The fourth-order valence-corrected chi connectivity index (χ4v) is 3.05. The summed E-state index contributed by atoms with van der Waals surface area (Å²) in [7, 11) is 2.13. The van der Waals surface area contributed by atoms with Crippen LogP contribution in [0.15, 0.2) is 41.0 Å². The van der Waals surface area contributed by atoms with Crippen molar-refractivity contribution in [1.29, 1.82) is 0 Å². The largest absolute Gasteiger partial charge is 0.369 e. The number of aromatic nitrogens is 1. The van der Waals surface area contributed by atoms with Crippen LogP contribution in [-0.2, 0) is 0 Å². The second-order valence-corrected chi connectivity index (χ2v) is 6.96. The highest BCUT2D eigenvalue weighted by molar-refractivity contribution is 9.10. The first-order chi connectivity index (χ1) is 11.5. The number of aryl methyl sites for hydroxylation is 1. The Kier molecular flexibility index (Phi) is 5.16. The summed E-state index contributed by atoms with van der Waals surface area (Å²) in [5.41, 5.74) is 3.36. The summed E-state index contributed by atoms with van der Waals surface area (Å²) >= 11 is 3.48. The van der Waals surface area contributed by atoms with Gasteiger partial charge in [0.25, 0.3) is 5.91 Å². The lowest BCUT2D eigenvalue weighted by Gasteiger charge is -2.34. The number of anilines is 2. The smallest absolute Gasteiger partial charge is 0.274 e. The molecule has 1 N–H and O–H groups in total. The number of hydrogen-bond donors (Lipinski definition) is 1. The number of carbonyl (C=O) groups is 1. The molecule has 126 valence electrons. The fraction of sp³-hybridized carbons (Fsp3) is 0.333. The second kappa shape index (κ2) is 7.32. The van der Waals surface area contributed by atoms with E-state index in [1.165, 1.54) is 0 Å². The van der Waals surface area contributed by atoms with Gasteiger partial charge in [0.05, 0.1) is 0 Å². The van der Waals surface area contributed by atoms with Crippen LogP contribution in [0.5, 0.6) is 0 Å². The van der Waals surface area contributed by atoms with E-state index in [2.05, 4.69) is 43.1 Å². The number of likely N-dealkylation sites (N-methyl/N-ethyl adjacent to an activating group) is 1. The van der Waals surface area contributed by atoms with Crippen LogP contribution in [0, 0.1) is 6.92 Å². The molecule has 1 saturated heterocycles. The molecule has 24 heavy (non-hydrogen) atoms. The number of halogens is 1. The first-order valence-corrected chi connectivity index (χ1v) is 8.79. The van der Waals surface area contributed by atoms with Gasteiger partial charge in [-0.05, 0) is 43.8 Å². The zero-order chi connectivity index (χ0) is 17.1. The van der Waals surface area contributed by atoms with Gasteiger partial charge in [-0.15, -0.1) is 0 Å². The van der Waals surface area contributed by atoms with Crippen molar-refractivity contribution in [2.45, 2.75) is 6.92 Å². The summed E-state index contributed by atoms with van der Waals surface area (Å²) in [5, 5.41) is 2.91. The number of carbonyl (C=O) groups excluding carboxylic acids is 1. The first-order valence-electron chi connectivity index (χ1n) is 8.00. The van der Waals surface area contributed by atoms with Crippen molar-refractivity contribution in [2.24, 2.45) is 0 Å². The van der Waals surface area contributed by atoms with Crippen LogP contribution in [0.25, 0.3) is 0 Å². The number of rotatable bonds is 3. The lowest BCUT2D eigenvalue weighted by Crippen LogP contribution is -2.44. The molecule has 0 atom stereocenters. The van der Waals surface area contributed by atoms with Gasteiger partial charge in [-0.25, -0.2) is 0 Å². The maximum Gasteiger partial charge on any atom is 0.274 e. The molecule has 6 heteroatoms. The predicted octanol–water partition coefficient (Wildman–Crippen LogP) is 3.16. The lowest BCUT2D eigenvalue weighted by atomic mass is 10.2. The van der Waals surface area contributed by atoms with E-state index in [9.17, 15) is 4.79 Å². The van der Waals surface area contributed by atoms with Gasteiger partial charge in [-0.3, -0.25) is 9.78 Å². The molecule has 1 aromatic carbocycles. The predicted molar refractivity (Wildman–Crippen MR) is 101 cm³/mol. The standard InChI is InChI=1S/C18H21BrN4O/c1-13-3-4-14(11-16(13)19)21-18(24)17-12-15(5-6-20-17)23-9-7-22(2)8-10-23/h3-6,11-12H,7-10H2,1-2H3,(H,21,24). The summed E-state index contributed by atoms with van der Waals surface area (Å²) in [6, 6.07) is 9.59. The number of piperazine rings is 1. The van der Waals surface area contributed by atoms with E-state index >= 15 is 0 Å². The lowest BCUT2D eigenvalue weighted by molar-refractivity contribution is 0.102. The number of benzene rings is 1. The van der Waals surface area contributed by atoms with Crippen LogP contribution >= 0.6 is 15.9 Å². The zero-order valence-corrected chi connectivity index (χ0v) is 15.5. The Bertz CT molecular complexity index is 742. The van der Waals surface area contributed by atoms with Crippen LogP contribution in [-0.4, -0.2) is 49.0 Å². The maximum atomic E-state index is 12.5. The Hall–Kier alpha value is -1.92. The highest BCUT2D eigenvalue weighted by Gasteiger charge is 2.16. The van der Waals surface area contributed by atoms with E-state index in [0.29, 0.717) is 5.69 Å². The van der Waals surface area contributed by atoms with Gasteiger partial charge in [-0.1, -0.05) is 22.0 Å². The quantitative estimate of drug-likeness (QED) is 0.876. The van der Waals surface area contributed by atoms with Crippen molar-refractivity contribution in [2.75, 3.05) is 43.4 Å². The SMILES string of the molecule is Cc1ccc(NC(=O)c2cc(N3CCN(C)CC3)ccn2)cc1Br. The molecule has 0 bridgehead atoms. The highest BCUT2D eigenvalue weighted by Crippen LogP contribution is 2.22. The van der Waals surface area contributed by atoms with Gasteiger partial charge in [-0.2, -0.15) is 0 Å². The Morgan fingerprint density at radius 1 is 1.17 bits per heavy atom. The molecule has 0 aliphatic carbocycles. The molecule has 1 aromatic heterocycles. The molecule has 3 rings (SSSR count). The fourth-order valence-electron chi connectivity index (χ4n) is 2.67. The molecule has 5 nitrogen and oxygen atoms in total. The molecule has 1 aliphatic rings. The van der Waals surface area contributed by atoms with Crippen molar-refractivity contribution in [3.63, 3.8) is 0 Å². The van der Waals surface area contributed by atoms with Crippen LogP contribution in [0.1, 0.15) is 16.1 Å².